The molecular weight excluding hydrogens is 259 g/mol. The van der Waals surface area contributed by atoms with Crippen LogP contribution in [-0.2, 0) is 4.79 Å². The molecule has 0 bridgehead atoms. The van der Waals surface area contributed by atoms with Gasteiger partial charge < -0.3 is 15.3 Å². The summed E-state index contributed by atoms with van der Waals surface area (Å²) < 4.78 is 13.1. The average molecular weight is 282 g/mol. The van der Waals surface area contributed by atoms with E-state index >= 15 is 0 Å². The van der Waals surface area contributed by atoms with Crippen molar-refractivity contribution in [3.63, 3.8) is 0 Å². The van der Waals surface area contributed by atoms with Gasteiger partial charge in [0.2, 0.25) is 0 Å². The number of rotatable bonds is 9. The van der Waals surface area contributed by atoms with E-state index in [1.54, 1.807) is 6.07 Å². The van der Waals surface area contributed by atoms with E-state index in [9.17, 15) is 14.3 Å². The number of nitrogens with one attached hydrogen (secondary N) is 1. The fraction of sp³-hybridized carbons (Fsp3) is 0.533. The lowest BCUT2D eigenvalue weighted by atomic mass is 10.1. The van der Waals surface area contributed by atoms with E-state index < -0.39 is 17.8 Å². The Morgan fingerprint density at radius 2 is 2.10 bits per heavy atom. The van der Waals surface area contributed by atoms with Crippen LogP contribution in [0.25, 0.3) is 0 Å². The lowest BCUT2D eigenvalue weighted by molar-refractivity contribution is -0.139. The summed E-state index contributed by atoms with van der Waals surface area (Å²) in [6, 6.07) is 4.86. The maximum absolute atomic E-state index is 13.1. The number of carbonyl (C=O) groups is 1. The summed E-state index contributed by atoms with van der Waals surface area (Å²) in [5.41, 5.74) is 0.445. The molecule has 0 aromatic heterocycles. The van der Waals surface area contributed by atoms with E-state index in [2.05, 4.69) is 24.1 Å². The molecule has 5 heteroatoms. The molecule has 20 heavy (non-hydrogen) atoms. The maximum Gasteiger partial charge on any atom is 0.325 e. The molecule has 0 spiro atoms. The van der Waals surface area contributed by atoms with Gasteiger partial charge in [-0.25, -0.2) is 4.39 Å². The Hall–Kier alpha value is -1.46. The van der Waals surface area contributed by atoms with Gasteiger partial charge in [0, 0.05) is 0 Å². The van der Waals surface area contributed by atoms with Crippen LogP contribution < -0.4 is 5.32 Å². The highest BCUT2D eigenvalue weighted by Crippen LogP contribution is 2.14. The highest BCUT2D eigenvalue weighted by atomic mass is 19.1. The summed E-state index contributed by atoms with van der Waals surface area (Å²) in [7, 11) is 0. The molecule has 0 radical (unpaired) electrons. The Morgan fingerprint density at radius 3 is 2.65 bits per heavy atom. The van der Waals surface area contributed by atoms with Crippen molar-refractivity contribution >= 4 is 5.97 Å². The van der Waals surface area contributed by atoms with Gasteiger partial charge in [-0.3, -0.25) is 4.79 Å². The minimum absolute atomic E-state index is 0.418. The first kappa shape index (κ1) is 16.6. The van der Waals surface area contributed by atoms with Gasteiger partial charge in [-0.05, 0) is 50.3 Å². The molecule has 0 saturated heterocycles. The zero-order valence-corrected chi connectivity index (χ0v) is 12.1. The van der Waals surface area contributed by atoms with Crippen LogP contribution in [0.2, 0.25) is 0 Å². The van der Waals surface area contributed by atoms with Crippen LogP contribution >= 0.6 is 0 Å². The molecule has 112 valence electrons. The monoisotopic (exact) mass is 282 g/mol. The van der Waals surface area contributed by atoms with Crippen molar-refractivity contribution in [3.8, 4) is 0 Å². The van der Waals surface area contributed by atoms with Crippen LogP contribution in [0.1, 0.15) is 31.9 Å². The molecule has 1 aromatic carbocycles. The van der Waals surface area contributed by atoms with Crippen LogP contribution in [0.3, 0.4) is 0 Å². The molecule has 0 saturated carbocycles. The molecule has 2 N–H and O–H groups in total. The number of hydrogen-bond donors (Lipinski definition) is 2. The third-order valence-electron chi connectivity index (χ3n) is 3.32. The molecule has 0 aliphatic carbocycles. The molecule has 0 fully saturated rings. The Bertz CT molecular complexity index is 422. The van der Waals surface area contributed by atoms with Gasteiger partial charge in [0.05, 0.1) is 0 Å². The second-order valence-electron chi connectivity index (χ2n) is 4.66. The fourth-order valence-electron chi connectivity index (χ4n) is 2.12. The van der Waals surface area contributed by atoms with E-state index in [4.69, 9.17) is 0 Å². The van der Waals surface area contributed by atoms with Gasteiger partial charge in [-0.15, -0.1) is 0 Å². The molecule has 0 amide bonds. The first-order chi connectivity index (χ1) is 9.58. The van der Waals surface area contributed by atoms with Crippen molar-refractivity contribution in [2.24, 2.45) is 0 Å². The largest absolute Gasteiger partial charge is 0.480 e. The number of halogens is 1. The molecule has 0 aliphatic rings. The van der Waals surface area contributed by atoms with E-state index in [1.807, 2.05) is 0 Å². The Balaban J connectivity index is 2.50. The molecule has 1 rings (SSSR count). The van der Waals surface area contributed by atoms with Crippen LogP contribution in [0, 0.1) is 5.82 Å². The van der Waals surface area contributed by atoms with Crippen LogP contribution in [0.15, 0.2) is 24.3 Å². The number of aliphatic carboxylic acids is 1. The zero-order chi connectivity index (χ0) is 15.0. The first-order valence-corrected chi connectivity index (χ1v) is 7.02. The summed E-state index contributed by atoms with van der Waals surface area (Å²) in [4.78, 5) is 13.5. The topological polar surface area (TPSA) is 52.6 Å². The molecular formula is C15H23FN2O2. The van der Waals surface area contributed by atoms with Crippen molar-refractivity contribution in [1.82, 2.24) is 10.2 Å². The van der Waals surface area contributed by atoms with Gasteiger partial charge in [0.15, 0.2) is 0 Å². The van der Waals surface area contributed by atoms with E-state index in [-0.39, 0.29) is 0 Å². The van der Waals surface area contributed by atoms with Crippen LogP contribution in [0.4, 0.5) is 4.39 Å². The first-order valence-electron chi connectivity index (χ1n) is 7.02. The summed E-state index contributed by atoms with van der Waals surface area (Å²) in [6.45, 7) is 7.69. The van der Waals surface area contributed by atoms with E-state index in [0.717, 1.165) is 26.1 Å². The van der Waals surface area contributed by atoms with Crippen LogP contribution in [0.5, 0.6) is 0 Å². The molecule has 0 heterocycles. The average Bonchev–Trinajstić information content (AvgIpc) is 2.42. The highest BCUT2D eigenvalue weighted by Gasteiger charge is 2.19. The third kappa shape index (κ3) is 5.27. The Kier molecular flexibility index (Phi) is 7.18. The number of nitrogens with zero attached hydrogens (tertiary/aromatic N) is 1. The Labute approximate surface area is 119 Å². The SMILES string of the molecule is CCN(CC)CCCNC(C(=O)O)c1cccc(F)c1. The predicted molar refractivity (Wildman–Crippen MR) is 77.2 cm³/mol. The van der Waals surface area contributed by atoms with Crippen molar-refractivity contribution in [3.05, 3.63) is 35.6 Å². The van der Waals surface area contributed by atoms with E-state index in [0.29, 0.717) is 12.1 Å². The summed E-state index contributed by atoms with van der Waals surface area (Å²) in [5, 5.41) is 12.2. The normalized spacial score (nSPS) is 12.6. The molecule has 1 atom stereocenters. The lowest BCUT2D eigenvalue weighted by Crippen LogP contribution is -2.32. The van der Waals surface area contributed by atoms with Crippen LogP contribution in [-0.4, -0.2) is 42.2 Å². The number of carboxylic acid groups (broad SMARTS) is 1. The zero-order valence-electron chi connectivity index (χ0n) is 12.1. The second kappa shape index (κ2) is 8.66. The van der Waals surface area contributed by atoms with Gasteiger partial charge in [-0.1, -0.05) is 26.0 Å². The van der Waals surface area contributed by atoms with Gasteiger partial charge >= 0.3 is 5.97 Å². The molecule has 0 aliphatic heterocycles. The number of carboxylic acids is 1. The number of benzene rings is 1. The van der Waals surface area contributed by atoms with Crippen molar-refractivity contribution in [2.75, 3.05) is 26.2 Å². The maximum atomic E-state index is 13.1. The summed E-state index contributed by atoms with van der Waals surface area (Å²) in [5.74, 6) is -1.41. The highest BCUT2D eigenvalue weighted by molar-refractivity contribution is 5.75. The standard InChI is InChI=1S/C15H23FN2O2/c1-3-18(4-2)10-6-9-17-14(15(19)20)12-7-5-8-13(16)11-12/h5,7-8,11,14,17H,3-4,6,9-10H2,1-2H3,(H,19,20). The second-order valence-corrected chi connectivity index (χ2v) is 4.66. The molecule has 1 unspecified atom stereocenters. The van der Waals surface area contributed by atoms with E-state index in [1.165, 1.54) is 18.2 Å². The van der Waals surface area contributed by atoms with Gasteiger partial charge in [0.25, 0.3) is 0 Å². The van der Waals surface area contributed by atoms with Gasteiger partial charge in [0.1, 0.15) is 11.9 Å². The quantitative estimate of drug-likeness (QED) is 0.682. The Morgan fingerprint density at radius 1 is 1.40 bits per heavy atom. The van der Waals surface area contributed by atoms with Gasteiger partial charge in [-0.2, -0.15) is 0 Å². The van der Waals surface area contributed by atoms with Crippen molar-refractivity contribution in [1.29, 1.82) is 0 Å². The summed E-state index contributed by atoms with van der Waals surface area (Å²) in [6.07, 6.45) is 0.862. The summed E-state index contributed by atoms with van der Waals surface area (Å²) >= 11 is 0. The minimum atomic E-state index is -0.988. The lowest BCUT2D eigenvalue weighted by Gasteiger charge is -2.19. The predicted octanol–water partition coefficient (Wildman–Crippen LogP) is 2.27. The minimum Gasteiger partial charge on any atom is -0.480 e. The smallest absolute Gasteiger partial charge is 0.325 e. The molecule has 4 nitrogen and oxygen atoms in total. The fourth-order valence-corrected chi connectivity index (χ4v) is 2.12. The number of hydrogen-bond acceptors (Lipinski definition) is 3. The third-order valence-corrected chi connectivity index (χ3v) is 3.32. The molecule has 1 aromatic rings. The van der Waals surface area contributed by atoms with Crippen molar-refractivity contribution < 1.29 is 14.3 Å². The van der Waals surface area contributed by atoms with Crippen molar-refractivity contribution in [2.45, 2.75) is 26.3 Å².